The number of hydrogen-bond donors (Lipinski definition) is 2. The molecule has 0 saturated heterocycles. The number of phenols is 1. The van der Waals surface area contributed by atoms with E-state index in [0.29, 0.717) is 45.5 Å². The Morgan fingerprint density at radius 2 is 1.82 bits per heavy atom. The Hall–Kier alpha value is -3.48. The van der Waals surface area contributed by atoms with Crippen molar-refractivity contribution in [1.82, 2.24) is 15.1 Å². The van der Waals surface area contributed by atoms with Crippen LogP contribution < -0.4 is 4.74 Å². The van der Waals surface area contributed by atoms with E-state index in [0.717, 1.165) is 16.9 Å². The lowest BCUT2D eigenvalue weighted by Crippen LogP contribution is -2.31. The van der Waals surface area contributed by atoms with Gasteiger partial charge in [0.25, 0.3) is 5.91 Å². The fourth-order valence-corrected chi connectivity index (χ4v) is 4.77. The van der Waals surface area contributed by atoms with E-state index in [1.54, 1.807) is 25.3 Å². The van der Waals surface area contributed by atoms with Crippen molar-refractivity contribution in [3.05, 3.63) is 99.2 Å². The first-order chi connectivity index (χ1) is 16.5. The van der Waals surface area contributed by atoms with Gasteiger partial charge in [0.15, 0.2) is 0 Å². The number of H-pyrrole nitrogens is 1. The average molecular weight is 494 g/mol. The molecule has 2 heterocycles. The summed E-state index contributed by atoms with van der Waals surface area (Å²) in [5, 5.41) is 18.8. The molecule has 1 atom stereocenters. The van der Waals surface area contributed by atoms with Gasteiger partial charge in [-0.3, -0.25) is 9.89 Å². The molecule has 0 fully saturated rings. The normalized spacial score (nSPS) is 15.0. The Labute approximate surface area is 206 Å². The van der Waals surface area contributed by atoms with Crippen LogP contribution in [0.15, 0.2) is 66.7 Å². The summed E-state index contributed by atoms with van der Waals surface area (Å²) in [6.07, 6.45) is 0.655. The summed E-state index contributed by atoms with van der Waals surface area (Å²) >= 11 is 12.5. The Balaban J connectivity index is 1.57. The average Bonchev–Trinajstić information content (AvgIpc) is 3.38. The minimum absolute atomic E-state index is 0.0349. The molecule has 6 nitrogen and oxygen atoms in total. The number of aromatic nitrogens is 2. The molecule has 0 bridgehead atoms. The molecule has 0 spiro atoms. The number of phenolic OH excluding ortho intramolecular Hbond substituents is 1. The monoisotopic (exact) mass is 493 g/mol. The molecule has 1 unspecified atom stereocenters. The largest absolute Gasteiger partial charge is 0.507 e. The quantitative estimate of drug-likeness (QED) is 0.351. The third kappa shape index (κ3) is 4.00. The van der Waals surface area contributed by atoms with Gasteiger partial charge in [-0.2, -0.15) is 5.10 Å². The highest BCUT2D eigenvalue weighted by atomic mass is 35.5. The number of hydrogen-bond acceptors (Lipinski definition) is 4. The molecule has 3 aromatic carbocycles. The lowest BCUT2D eigenvalue weighted by molar-refractivity contribution is 0.0746. The predicted octanol–water partition coefficient (Wildman–Crippen LogP) is 5.89. The summed E-state index contributed by atoms with van der Waals surface area (Å²) in [5.74, 6) is 0.659. The number of amides is 1. The molecule has 4 aromatic rings. The second kappa shape index (κ2) is 9.05. The molecule has 0 aliphatic carbocycles. The molecule has 0 saturated carbocycles. The highest BCUT2D eigenvalue weighted by Gasteiger charge is 2.42. The van der Waals surface area contributed by atoms with Gasteiger partial charge in [-0.25, -0.2) is 0 Å². The van der Waals surface area contributed by atoms with E-state index >= 15 is 0 Å². The molecule has 5 rings (SSSR count). The molecule has 1 aliphatic heterocycles. The van der Waals surface area contributed by atoms with E-state index in [1.165, 1.54) is 6.07 Å². The number of fused-ring (bicyclic) bond motifs is 1. The molecule has 34 heavy (non-hydrogen) atoms. The number of methoxy groups -OCH3 is 1. The molecule has 2 N–H and O–H groups in total. The van der Waals surface area contributed by atoms with Gasteiger partial charge in [-0.1, -0.05) is 47.5 Å². The predicted molar refractivity (Wildman–Crippen MR) is 132 cm³/mol. The molecule has 8 heteroatoms. The van der Waals surface area contributed by atoms with E-state index in [-0.39, 0.29) is 11.7 Å². The third-order valence-corrected chi connectivity index (χ3v) is 6.51. The number of aromatic hydroxyl groups is 1. The number of halogens is 2. The van der Waals surface area contributed by atoms with Crippen LogP contribution in [0.2, 0.25) is 10.0 Å². The topological polar surface area (TPSA) is 78.5 Å². The van der Waals surface area contributed by atoms with Gasteiger partial charge >= 0.3 is 0 Å². The summed E-state index contributed by atoms with van der Waals surface area (Å²) in [6, 6.07) is 19.6. The zero-order chi connectivity index (χ0) is 23.8. The minimum Gasteiger partial charge on any atom is -0.507 e. The summed E-state index contributed by atoms with van der Waals surface area (Å²) < 4.78 is 5.24. The van der Waals surface area contributed by atoms with Crippen molar-refractivity contribution in [2.24, 2.45) is 0 Å². The first kappa shape index (κ1) is 22.3. The first-order valence-corrected chi connectivity index (χ1v) is 11.5. The van der Waals surface area contributed by atoms with Crippen molar-refractivity contribution in [2.45, 2.75) is 12.5 Å². The van der Waals surface area contributed by atoms with Crippen LogP contribution >= 0.6 is 23.2 Å². The smallest absolute Gasteiger partial charge is 0.273 e. The molecule has 0 radical (unpaired) electrons. The van der Waals surface area contributed by atoms with Crippen LogP contribution in [0.4, 0.5) is 0 Å². The zero-order valence-electron chi connectivity index (χ0n) is 18.3. The Morgan fingerprint density at radius 3 is 2.56 bits per heavy atom. The van der Waals surface area contributed by atoms with E-state index < -0.39 is 6.04 Å². The van der Waals surface area contributed by atoms with Crippen molar-refractivity contribution in [3.63, 3.8) is 0 Å². The number of carbonyl (C=O) groups excluding carboxylic acids is 1. The summed E-state index contributed by atoms with van der Waals surface area (Å²) in [4.78, 5) is 15.3. The van der Waals surface area contributed by atoms with Crippen molar-refractivity contribution < 1.29 is 14.6 Å². The van der Waals surface area contributed by atoms with Crippen LogP contribution in [-0.4, -0.2) is 39.8 Å². The number of carbonyl (C=O) groups is 1. The number of nitrogens with one attached hydrogen (secondary N) is 1. The Kier molecular flexibility index (Phi) is 5.94. The van der Waals surface area contributed by atoms with Crippen LogP contribution in [0, 0.1) is 0 Å². The van der Waals surface area contributed by atoms with Crippen LogP contribution in [0.3, 0.4) is 0 Å². The lowest BCUT2D eigenvalue weighted by atomic mass is 9.95. The van der Waals surface area contributed by atoms with Crippen LogP contribution in [0.1, 0.15) is 33.2 Å². The Morgan fingerprint density at radius 1 is 1.06 bits per heavy atom. The second-order valence-electron chi connectivity index (χ2n) is 8.08. The summed E-state index contributed by atoms with van der Waals surface area (Å²) in [5.41, 5.74) is 3.98. The standard InChI is InChI=1S/C26H21Cl2N3O3/c1-34-19-8-5-15(6-9-19)11-12-31-25(16-3-2-4-17(27)13-16)22-23(29-30-24(22)26(31)33)20-14-18(28)7-10-21(20)32/h2-10,13-14,25,32H,11-12H2,1H3,(H,29,30). The third-order valence-electron chi connectivity index (χ3n) is 6.04. The minimum atomic E-state index is -0.424. The van der Waals surface area contributed by atoms with Crippen molar-refractivity contribution in [3.8, 4) is 22.8 Å². The Bertz CT molecular complexity index is 1370. The van der Waals surface area contributed by atoms with Gasteiger partial charge in [0.05, 0.1) is 13.2 Å². The molecule has 172 valence electrons. The summed E-state index contributed by atoms with van der Waals surface area (Å²) in [6.45, 7) is 0.478. The summed E-state index contributed by atoms with van der Waals surface area (Å²) in [7, 11) is 1.63. The molecular formula is C26H21Cl2N3O3. The van der Waals surface area contributed by atoms with E-state index in [1.807, 2.05) is 47.4 Å². The lowest BCUT2D eigenvalue weighted by Gasteiger charge is -2.26. The van der Waals surface area contributed by atoms with Crippen molar-refractivity contribution >= 4 is 29.1 Å². The van der Waals surface area contributed by atoms with Gasteiger partial charge in [0, 0.05) is 27.7 Å². The molecule has 1 amide bonds. The van der Waals surface area contributed by atoms with Gasteiger partial charge in [0.2, 0.25) is 0 Å². The number of benzene rings is 3. The fourth-order valence-electron chi connectivity index (χ4n) is 4.40. The van der Waals surface area contributed by atoms with Crippen LogP contribution in [0.25, 0.3) is 11.3 Å². The fraction of sp³-hybridized carbons (Fsp3) is 0.154. The molecular weight excluding hydrogens is 473 g/mol. The number of aromatic amines is 1. The van der Waals surface area contributed by atoms with Gasteiger partial charge in [-0.05, 0) is 60.0 Å². The number of ether oxygens (including phenoxy) is 1. The molecule has 1 aromatic heterocycles. The van der Waals surface area contributed by atoms with E-state index in [2.05, 4.69) is 10.2 Å². The van der Waals surface area contributed by atoms with Crippen molar-refractivity contribution in [2.75, 3.05) is 13.7 Å². The maximum absolute atomic E-state index is 13.5. The molecule has 1 aliphatic rings. The second-order valence-corrected chi connectivity index (χ2v) is 8.95. The zero-order valence-corrected chi connectivity index (χ0v) is 19.8. The maximum Gasteiger partial charge on any atom is 0.273 e. The van der Waals surface area contributed by atoms with Gasteiger partial charge in [-0.15, -0.1) is 0 Å². The SMILES string of the molecule is COc1ccc(CCN2C(=O)c3[nH]nc(-c4cc(Cl)ccc4O)c3C2c2cccc(Cl)c2)cc1. The van der Waals surface area contributed by atoms with Gasteiger partial charge in [0.1, 0.15) is 22.9 Å². The number of rotatable bonds is 6. The first-order valence-electron chi connectivity index (χ1n) is 10.7. The van der Waals surface area contributed by atoms with Crippen molar-refractivity contribution in [1.29, 1.82) is 0 Å². The maximum atomic E-state index is 13.5. The highest BCUT2D eigenvalue weighted by molar-refractivity contribution is 6.31. The highest BCUT2D eigenvalue weighted by Crippen LogP contribution is 2.45. The van der Waals surface area contributed by atoms with Gasteiger partial charge < -0.3 is 14.7 Å². The van der Waals surface area contributed by atoms with E-state index in [4.69, 9.17) is 27.9 Å². The van der Waals surface area contributed by atoms with Crippen LogP contribution in [0.5, 0.6) is 11.5 Å². The number of nitrogens with zero attached hydrogens (tertiary/aromatic N) is 2. The van der Waals surface area contributed by atoms with E-state index in [9.17, 15) is 9.90 Å². The van der Waals surface area contributed by atoms with Crippen LogP contribution in [-0.2, 0) is 6.42 Å².